The Bertz CT molecular complexity index is 742. The van der Waals surface area contributed by atoms with Crippen molar-refractivity contribution in [3.05, 3.63) is 71.4 Å². The Morgan fingerprint density at radius 1 is 0.950 bits per heavy atom. The number of hydrogen-bond acceptors (Lipinski definition) is 1. The van der Waals surface area contributed by atoms with Gasteiger partial charge in [-0.05, 0) is 35.2 Å². The van der Waals surface area contributed by atoms with E-state index in [0.29, 0.717) is 18.7 Å². The van der Waals surface area contributed by atoms with Crippen LogP contribution in [-0.4, -0.2) is 4.57 Å². The second kappa shape index (κ2) is 5.06. The Hall–Kier alpha value is -2.20. The molecule has 20 heavy (non-hydrogen) atoms. The molecular formula is C16H14F2N2. The maximum Gasteiger partial charge on any atom is 0.126 e. The lowest BCUT2D eigenvalue weighted by Crippen LogP contribution is -2.08. The van der Waals surface area contributed by atoms with Gasteiger partial charge in [-0.3, -0.25) is 0 Å². The van der Waals surface area contributed by atoms with Crippen LogP contribution >= 0.6 is 0 Å². The standard InChI is InChI=1S/C16H14F2N2/c17-13-5-11(6-14(18)8-13)10-20-15(9-19)7-12-3-1-2-4-16(12)20/h1-8H,9-10,19H2. The minimum atomic E-state index is -0.564. The van der Waals surface area contributed by atoms with E-state index in [1.165, 1.54) is 12.1 Å². The van der Waals surface area contributed by atoms with E-state index in [4.69, 9.17) is 5.73 Å². The zero-order valence-electron chi connectivity index (χ0n) is 10.8. The van der Waals surface area contributed by atoms with Crippen molar-refractivity contribution in [3.63, 3.8) is 0 Å². The van der Waals surface area contributed by atoms with Crippen molar-refractivity contribution in [2.45, 2.75) is 13.1 Å². The van der Waals surface area contributed by atoms with Crippen LogP contribution in [0.3, 0.4) is 0 Å². The molecule has 2 aromatic carbocycles. The Kier molecular flexibility index (Phi) is 3.24. The van der Waals surface area contributed by atoms with Crippen molar-refractivity contribution in [2.24, 2.45) is 5.73 Å². The lowest BCUT2D eigenvalue weighted by molar-refractivity contribution is 0.577. The summed E-state index contributed by atoms with van der Waals surface area (Å²) in [7, 11) is 0. The normalized spacial score (nSPS) is 11.2. The average Bonchev–Trinajstić information content (AvgIpc) is 2.76. The molecule has 0 amide bonds. The molecular weight excluding hydrogens is 258 g/mol. The molecule has 0 aliphatic rings. The number of nitrogens with two attached hydrogens (primary N) is 1. The third-order valence-electron chi connectivity index (χ3n) is 3.37. The Labute approximate surface area is 115 Å². The minimum Gasteiger partial charge on any atom is -0.339 e. The first-order chi connectivity index (χ1) is 9.67. The summed E-state index contributed by atoms with van der Waals surface area (Å²) < 4.78 is 28.5. The molecule has 0 aliphatic heterocycles. The van der Waals surface area contributed by atoms with Crippen LogP contribution < -0.4 is 5.73 Å². The largest absolute Gasteiger partial charge is 0.339 e. The van der Waals surface area contributed by atoms with E-state index >= 15 is 0 Å². The molecule has 0 saturated heterocycles. The molecule has 2 nitrogen and oxygen atoms in total. The molecule has 0 spiro atoms. The number of para-hydroxylation sites is 1. The van der Waals surface area contributed by atoms with Crippen LogP contribution in [-0.2, 0) is 13.1 Å². The van der Waals surface area contributed by atoms with Crippen LogP contribution in [0.25, 0.3) is 10.9 Å². The molecule has 0 aliphatic carbocycles. The number of hydrogen-bond donors (Lipinski definition) is 1. The van der Waals surface area contributed by atoms with E-state index in [1.54, 1.807) is 0 Å². The van der Waals surface area contributed by atoms with Crippen molar-refractivity contribution in [1.29, 1.82) is 0 Å². The van der Waals surface area contributed by atoms with E-state index < -0.39 is 11.6 Å². The fraction of sp³-hybridized carbons (Fsp3) is 0.125. The molecule has 102 valence electrons. The maximum absolute atomic E-state index is 13.3. The van der Waals surface area contributed by atoms with Crippen LogP contribution in [0.2, 0.25) is 0 Å². The van der Waals surface area contributed by atoms with Crippen LogP contribution in [0.5, 0.6) is 0 Å². The number of halogens is 2. The van der Waals surface area contributed by atoms with Gasteiger partial charge in [0.25, 0.3) is 0 Å². The van der Waals surface area contributed by atoms with Crippen molar-refractivity contribution in [3.8, 4) is 0 Å². The quantitative estimate of drug-likeness (QED) is 0.778. The molecule has 1 heterocycles. The Morgan fingerprint density at radius 3 is 2.35 bits per heavy atom. The molecule has 1 aromatic heterocycles. The first kappa shape index (κ1) is 12.8. The molecule has 0 saturated carbocycles. The monoisotopic (exact) mass is 272 g/mol. The highest BCUT2D eigenvalue weighted by Gasteiger charge is 2.09. The number of rotatable bonds is 3. The first-order valence-corrected chi connectivity index (χ1v) is 6.39. The Morgan fingerprint density at radius 2 is 1.65 bits per heavy atom. The summed E-state index contributed by atoms with van der Waals surface area (Å²) in [5.74, 6) is -1.13. The van der Waals surface area contributed by atoms with Crippen molar-refractivity contribution in [2.75, 3.05) is 0 Å². The van der Waals surface area contributed by atoms with Gasteiger partial charge in [0.05, 0.1) is 0 Å². The van der Waals surface area contributed by atoms with E-state index in [9.17, 15) is 8.78 Å². The summed E-state index contributed by atoms with van der Waals surface area (Å²) in [6, 6.07) is 13.4. The smallest absolute Gasteiger partial charge is 0.126 e. The Balaban J connectivity index is 2.09. The van der Waals surface area contributed by atoms with Crippen LogP contribution in [0, 0.1) is 11.6 Å². The lowest BCUT2D eigenvalue weighted by atomic mass is 10.2. The van der Waals surface area contributed by atoms with Gasteiger partial charge in [-0.15, -0.1) is 0 Å². The fourth-order valence-electron chi connectivity index (χ4n) is 2.51. The van der Waals surface area contributed by atoms with Gasteiger partial charge in [-0.25, -0.2) is 8.78 Å². The van der Waals surface area contributed by atoms with Gasteiger partial charge in [0.15, 0.2) is 0 Å². The van der Waals surface area contributed by atoms with Gasteiger partial charge in [-0.1, -0.05) is 18.2 Å². The topological polar surface area (TPSA) is 30.9 Å². The molecule has 4 heteroatoms. The molecule has 0 atom stereocenters. The summed E-state index contributed by atoms with van der Waals surface area (Å²) in [5, 5.41) is 1.07. The third kappa shape index (κ3) is 2.30. The van der Waals surface area contributed by atoms with Gasteiger partial charge in [-0.2, -0.15) is 0 Å². The highest BCUT2D eigenvalue weighted by Crippen LogP contribution is 2.21. The number of aromatic nitrogens is 1. The van der Waals surface area contributed by atoms with Gasteiger partial charge < -0.3 is 10.3 Å². The lowest BCUT2D eigenvalue weighted by Gasteiger charge is -2.10. The fourth-order valence-corrected chi connectivity index (χ4v) is 2.51. The van der Waals surface area contributed by atoms with Crippen LogP contribution in [0.1, 0.15) is 11.3 Å². The molecule has 0 radical (unpaired) electrons. The molecule has 3 aromatic rings. The van der Waals surface area contributed by atoms with Crippen molar-refractivity contribution in [1.82, 2.24) is 4.57 Å². The second-order valence-electron chi connectivity index (χ2n) is 4.76. The first-order valence-electron chi connectivity index (χ1n) is 6.39. The molecule has 3 rings (SSSR count). The maximum atomic E-state index is 13.3. The molecule has 0 fully saturated rings. The summed E-state index contributed by atoms with van der Waals surface area (Å²) in [4.78, 5) is 0. The summed E-state index contributed by atoms with van der Waals surface area (Å²) in [6.07, 6.45) is 0. The average molecular weight is 272 g/mol. The number of nitrogens with zero attached hydrogens (tertiary/aromatic N) is 1. The van der Waals surface area contributed by atoms with E-state index in [-0.39, 0.29) is 0 Å². The molecule has 2 N–H and O–H groups in total. The zero-order chi connectivity index (χ0) is 14.1. The summed E-state index contributed by atoms with van der Waals surface area (Å²) in [5.41, 5.74) is 8.29. The van der Waals surface area contributed by atoms with E-state index in [2.05, 4.69) is 0 Å². The van der Waals surface area contributed by atoms with E-state index in [1.807, 2.05) is 34.9 Å². The van der Waals surface area contributed by atoms with Gasteiger partial charge in [0, 0.05) is 30.4 Å². The zero-order valence-corrected chi connectivity index (χ0v) is 10.8. The molecule has 0 bridgehead atoms. The SMILES string of the molecule is NCc1cc2ccccc2n1Cc1cc(F)cc(F)c1. The van der Waals surface area contributed by atoms with Gasteiger partial charge in [0.2, 0.25) is 0 Å². The van der Waals surface area contributed by atoms with Crippen LogP contribution in [0.4, 0.5) is 8.78 Å². The highest BCUT2D eigenvalue weighted by atomic mass is 19.1. The van der Waals surface area contributed by atoms with E-state index in [0.717, 1.165) is 22.7 Å². The van der Waals surface area contributed by atoms with Gasteiger partial charge in [0.1, 0.15) is 11.6 Å². The highest BCUT2D eigenvalue weighted by molar-refractivity contribution is 5.81. The number of benzene rings is 2. The predicted molar refractivity (Wildman–Crippen MR) is 75.3 cm³/mol. The number of fused-ring (bicyclic) bond motifs is 1. The molecule has 0 unspecified atom stereocenters. The van der Waals surface area contributed by atoms with Gasteiger partial charge >= 0.3 is 0 Å². The van der Waals surface area contributed by atoms with Crippen molar-refractivity contribution < 1.29 is 8.78 Å². The predicted octanol–water partition coefficient (Wildman–Crippen LogP) is 3.43. The third-order valence-corrected chi connectivity index (χ3v) is 3.37. The summed E-state index contributed by atoms with van der Waals surface area (Å²) in [6.45, 7) is 0.779. The summed E-state index contributed by atoms with van der Waals surface area (Å²) >= 11 is 0. The minimum absolute atomic E-state index is 0.381. The van der Waals surface area contributed by atoms with Crippen molar-refractivity contribution >= 4 is 10.9 Å². The van der Waals surface area contributed by atoms with Crippen LogP contribution in [0.15, 0.2) is 48.5 Å². The second-order valence-corrected chi connectivity index (χ2v) is 4.76.